The van der Waals surface area contributed by atoms with Crippen molar-refractivity contribution in [2.45, 2.75) is 63.3 Å². The van der Waals surface area contributed by atoms with E-state index >= 15 is 0 Å². The molecular formula is C29H37F2N3O5. The van der Waals surface area contributed by atoms with E-state index in [1.165, 1.54) is 12.1 Å². The van der Waals surface area contributed by atoms with Gasteiger partial charge in [-0.3, -0.25) is 9.59 Å². The minimum absolute atomic E-state index is 0.0205. The first-order valence-corrected chi connectivity index (χ1v) is 13.5. The van der Waals surface area contributed by atoms with E-state index < -0.39 is 35.7 Å². The van der Waals surface area contributed by atoms with E-state index in [1.54, 1.807) is 30.0 Å². The van der Waals surface area contributed by atoms with Gasteiger partial charge in [0, 0.05) is 36.3 Å². The summed E-state index contributed by atoms with van der Waals surface area (Å²) in [5, 5.41) is 26.6. The Morgan fingerprint density at radius 2 is 1.79 bits per heavy atom. The molecule has 2 heterocycles. The molecule has 2 aliphatic heterocycles. The summed E-state index contributed by atoms with van der Waals surface area (Å²) in [6.45, 7) is 3.81. The topological polar surface area (TPSA) is 111 Å². The number of benzene rings is 2. The van der Waals surface area contributed by atoms with Crippen LogP contribution in [0.1, 0.15) is 57.5 Å². The molecule has 2 aliphatic rings. The number of aryl methyl sites for hydroxylation is 1. The molecule has 0 aromatic heterocycles. The highest BCUT2D eigenvalue weighted by Gasteiger charge is 2.34. The molecule has 2 aromatic carbocycles. The summed E-state index contributed by atoms with van der Waals surface area (Å²) in [6, 6.07) is 6.72. The average molecular weight is 546 g/mol. The number of carbonyl (C=O) groups excluding carboxylic acids is 2. The lowest BCUT2D eigenvalue weighted by molar-refractivity contribution is -0.0187. The Morgan fingerprint density at radius 3 is 2.49 bits per heavy atom. The molecule has 0 spiro atoms. The second kappa shape index (κ2) is 13.4. The van der Waals surface area contributed by atoms with E-state index in [9.17, 15) is 23.5 Å². The van der Waals surface area contributed by atoms with E-state index in [0.717, 1.165) is 24.5 Å². The predicted octanol–water partition coefficient (Wildman–Crippen LogP) is 2.34. The summed E-state index contributed by atoms with van der Waals surface area (Å²) in [4.78, 5) is 28.2. The molecule has 10 heteroatoms. The normalized spacial score (nSPS) is 21.0. The predicted molar refractivity (Wildman–Crippen MR) is 141 cm³/mol. The van der Waals surface area contributed by atoms with Crippen LogP contribution in [0.3, 0.4) is 0 Å². The standard InChI is InChI=1S/C29H37F2N3O5/c1-18-10-20(15-21(11-18)29(38)34-6-2-3-7-34)28(37)33-26(14-19-12-22(30)16-23(31)13-19)27(36)25-17-24(4-5-32-25)39-9-8-35/h10-13,15-16,24-27,32,35-36H,2-9,14,17H2,1H3,(H,33,37). The van der Waals surface area contributed by atoms with Crippen molar-refractivity contribution in [3.63, 3.8) is 0 Å². The summed E-state index contributed by atoms with van der Waals surface area (Å²) in [5.74, 6) is -2.13. The minimum Gasteiger partial charge on any atom is -0.394 e. The number of nitrogens with one attached hydrogen (secondary N) is 2. The van der Waals surface area contributed by atoms with Gasteiger partial charge in [0.15, 0.2) is 0 Å². The number of halogens is 2. The number of amides is 2. The van der Waals surface area contributed by atoms with Crippen molar-refractivity contribution in [2.24, 2.45) is 0 Å². The first-order valence-electron chi connectivity index (χ1n) is 13.5. The van der Waals surface area contributed by atoms with Crippen molar-refractivity contribution in [1.29, 1.82) is 0 Å². The van der Waals surface area contributed by atoms with Crippen LogP contribution in [0.25, 0.3) is 0 Å². The van der Waals surface area contributed by atoms with E-state index in [0.29, 0.717) is 38.0 Å². The second-order valence-corrected chi connectivity index (χ2v) is 10.4. The van der Waals surface area contributed by atoms with Crippen LogP contribution in [0.5, 0.6) is 0 Å². The molecule has 2 amide bonds. The third-order valence-electron chi connectivity index (χ3n) is 7.33. The molecule has 0 aliphatic carbocycles. The summed E-state index contributed by atoms with van der Waals surface area (Å²) in [6.07, 6.45) is 1.72. The van der Waals surface area contributed by atoms with Gasteiger partial charge in [-0.15, -0.1) is 0 Å². The third kappa shape index (κ3) is 7.82. The number of ether oxygens (including phenoxy) is 1. The van der Waals surface area contributed by atoms with Crippen molar-refractivity contribution >= 4 is 11.8 Å². The number of likely N-dealkylation sites (tertiary alicyclic amines) is 1. The number of piperidine rings is 1. The van der Waals surface area contributed by atoms with Gasteiger partial charge in [0.2, 0.25) is 0 Å². The first kappa shape index (κ1) is 29.1. The van der Waals surface area contributed by atoms with Crippen molar-refractivity contribution in [2.75, 3.05) is 32.8 Å². The third-order valence-corrected chi connectivity index (χ3v) is 7.33. The van der Waals surface area contributed by atoms with Gasteiger partial charge in [-0.2, -0.15) is 0 Å². The van der Waals surface area contributed by atoms with Gasteiger partial charge in [-0.1, -0.05) is 0 Å². The van der Waals surface area contributed by atoms with Crippen molar-refractivity contribution in [3.8, 4) is 0 Å². The molecule has 39 heavy (non-hydrogen) atoms. The largest absolute Gasteiger partial charge is 0.394 e. The average Bonchev–Trinajstić information content (AvgIpc) is 3.45. The van der Waals surface area contributed by atoms with Gasteiger partial charge in [0.25, 0.3) is 11.8 Å². The molecule has 0 saturated carbocycles. The fourth-order valence-electron chi connectivity index (χ4n) is 5.46. The van der Waals surface area contributed by atoms with Gasteiger partial charge in [0.1, 0.15) is 11.6 Å². The monoisotopic (exact) mass is 545 g/mol. The zero-order valence-electron chi connectivity index (χ0n) is 22.2. The van der Waals surface area contributed by atoms with Crippen LogP contribution in [-0.2, 0) is 11.2 Å². The smallest absolute Gasteiger partial charge is 0.253 e. The number of nitrogens with zero attached hydrogens (tertiary/aromatic N) is 1. The Labute approximate surface area is 227 Å². The van der Waals surface area contributed by atoms with Gasteiger partial charge < -0.3 is 30.5 Å². The van der Waals surface area contributed by atoms with Crippen LogP contribution >= 0.6 is 0 Å². The maximum absolute atomic E-state index is 13.9. The van der Waals surface area contributed by atoms with Crippen molar-refractivity contribution in [3.05, 3.63) is 70.3 Å². The van der Waals surface area contributed by atoms with Crippen LogP contribution in [0.2, 0.25) is 0 Å². The van der Waals surface area contributed by atoms with Gasteiger partial charge in [0.05, 0.1) is 31.5 Å². The van der Waals surface area contributed by atoms with Crippen LogP contribution in [0.4, 0.5) is 8.78 Å². The Kier molecular flexibility index (Phi) is 10.0. The molecule has 212 valence electrons. The van der Waals surface area contributed by atoms with E-state index in [-0.39, 0.29) is 42.8 Å². The van der Waals surface area contributed by atoms with Crippen LogP contribution in [-0.4, -0.2) is 84.1 Å². The van der Waals surface area contributed by atoms with E-state index in [4.69, 9.17) is 9.84 Å². The molecule has 8 nitrogen and oxygen atoms in total. The lowest BCUT2D eigenvalue weighted by atomic mass is 9.90. The molecule has 0 radical (unpaired) electrons. The van der Waals surface area contributed by atoms with Gasteiger partial charge in [-0.25, -0.2) is 8.78 Å². The van der Waals surface area contributed by atoms with Crippen LogP contribution in [0, 0.1) is 18.6 Å². The summed E-state index contributed by atoms with van der Waals surface area (Å²) in [7, 11) is 0. The first-order chi connectivity index (χ1) is 18.7. The van der Waals surface area contributed by atoms with Crippen molar-refractivity contribution in [1.82, 2.24) is 15.5 Å². The van der Waals surface area contributed by atoms with E-state index in [1.807, 2.05) is 0 Å². The number of carbonyl (C=O) groups is 2. The van der Waals surface area contributed by atoms with Crippen LogP contribution in [0.15, 0.2) is 36.4 Å². The highest BCUT2D eigenvalue weighted by Crippen LogP contribution is 2.21. The van der Waals surface area contributed by atoms with Crippen molar-refractivity contribution < 1.29 is 33.3 Å². The lowest BCUT2D eigenvalue weighted by Crippen LogP contribution is -2.57. The Morgan fingerprint density at radius 1 is 1.10 bits per heavy atom. The molecular weight excluding hydrogens is 508 g/mol. The quantitative estimate of drug-likeness (QED) is 0.365. The maximum Gasteiger partial charge on any atom is 0.253 e. The fourth-order valence-corrected chi connectivity index (χ4v) is 5.46. The zero-order chi connectivity index (χ0) is 27.9. The van der Waals surface area contributed by atoms with Gasteiger partial charge >= 0.3 is 0 Å². The number of rotatable bonds is 10. The van der Waals surface area contributed by atoms with E-state index in [2.05, 4.69) is 10.6 Å². The number of aliphatic hydroxyl groups is 2. The van der Waals surface area contributed by atoms with Crippen LogP contribution < -0.4 is 10.6 Å². The highest BCUT2D eigenvalue weighted by atomic mass is 19.1. The minimum atomic E-state index is -1.11. The summed E-state index contributed by atoms with van der Waals surface area (Å²) >= 11 is 0. The molecule has 4 rings (SSSR count). The summed E-state index contributed by atoms with van der Waals surface area (Å²) in [5.41, 5.74) is 1.72. The molecule has 2 fully saturated rings. The lowest BCUT2D eigenvalue weighted by Gasteiger charge is -2.36. The Hall–Kier alpha value is -2.92. The molecule has 0 bridgehead atoms. The molecule has 4 unspecified atom stereocenters. The Bertz CT molecular complexity index is 1140. The SMILES string of the molecule is Cc1cc(C(=O)NC(Cc2cc(F)cc(F)c2)C(O)C2CC(OCCO)CCN2)cc(C(=O)N2CCCC2)c1. The number of aliphatic hydroxyl groups excluding tert-OH is 2. The molecule has 4 atom stereocenters. The maximum atomic E-state index is 13.9. The highest BCUT2D eigenvalue weighted by molar-refractivity contribution is 6.00. The molecule has 2 saturated heterocycles. The summed E-state index contributed by atoms with van der Waals surface area (Å²) < 4.78 is 33.6. The fraction of sp³-hybridized carbons (Fsp3) is 0.517. The second-order valence-electron chi connectivity index (χ2n) is 10.4. The Balaban J connectivity index is 1.56. The molecule has 4 N–H and O–H groups in total. The van der Waals surface area contributed by atoms with Gasteiger partial charge in [-0.05, 0) is 87.0 Å². The zero-order valence-corrected chi connectivity index (χ0v) is 22.2. The molecule has 2 aromatic rings. The number of hydrogen-bond donors (Lipinski definition) is 4. The number of hydrogen-bond acceptors (Lipinski definition) is 6.